The lowest BCUT2D eigenvalue weighted by Crippen LogP contribution is -2.47. The highest BCUT2D eigenvalue weighted by atomic mass is 16.5. The largest absolute Gasteiger partial charge is 0.495 e. The molecule has 0 amide bonds. The molecule has 1 fully saturated rings. The highest BCUT2D eigenvalue weighted by Crippen LogP contribution is 2.16. The van der Waals surface area contributed by atoms with E-state index in [0.717, 1.165) is 44.3 Å². The first-order valence-corrected chi connectivity index (χ1v) is 5.91. The fourth-order valence-corrected chi connectivity index (χ4v) is 2.02. The zero-order valence-corrected chi connectivity index (χ0v) is 10.2. The summed E-state index contributed by atoms with van der Waals surface area (Å²) in [4.78, 5) is 8.90. The first-order valence-electron chi connectivity index (χ1n) is 5.91. The van der Waals surface area contributed by atoms with Crippen molar-refractivity contribution in [3.05, 3.63) is 18.3 Å². The van der Waals surface area contributed by atoms with Crippen LogP contribution in [0, 0.1) is 0 Å². The summed E-state index contributed by atoms with van der Waals surface area (Å²) in [5.74, 6) is 1.78. The number of hydrogen-bond acceptors (Lipinski definition) is 5. The van der Waals surface area contributed by atoms with Gasteiger partial charge in [0.15, 0.2) is 0 Å². The second-order valence-electron chi connectivity index (χ2n) is 4.11. The third-order valence-corrected chi connectivity index (χ3v) is 3.07. The predicted molar refractivity (Wildman–Crippen MR) is 66.5 cm³/mol. The fourth-order valence-electron chi connectivity index (χ4n) is 2.02. The van der Waals surface area contributed by atoms with E-state index in [2.05, 4.69) is 14.8 Å². The minimum Gasteiger partial charge on any atom is -0.495 e. The van der Waals surface area contributed by atoms with E-state index in [-0.39, 0.29) is 6.61 Å². The van der Waals surface area contributed by atoms with Gasteiger partial charge in [-0.15, -0.1) is 0 Å². The standard InChI is InChI=1S/C12H19N3O2/c1-17-11-2-3-12(13-10-11)15-6-4-14(5-7-15)8-9-16/h2-3,10,16H,4-9H2,1H3. The number of methoxy groups -OCH3 is 1. The molecule has 0 radical (unpaired) electrons. The molecule has 2 rings (SSSR count). The maximum Gasteiger partial charge on any atom is 0.137 e. The van der Waals surface area contributed by atoms with Crippen molar-refractivity contribution in [3.8, 4) is 5.75 Å². The summed E-state index contributed by atoms with van der Waals surface area (Å²) in [7, 11) is 1.64. The van der Waals surface area contributed by atoms with Crippen LogP contribution in [-0.4, -0.2) is 61.4 Å². The number of piperazine rings is 1. The van der Waals surface area contributed by atoms with Gasteiger partial charge in [-0.2, -0.15) is 0 Å². The number of pyridine rings is 1. The van der Waals surface area contributed by atoms with Gasteiger partial charge in [-0.3, -0.25) is 4.90 Å². The Hall–Kier alpha value is -1.33. The van der Waals surface area contributed by atoms with Crippen LogP contribution in [0.3, 0.4) is 0 Å². The number of nitrogens with zero attached hydrogens (tertiary/aromatic N) is 3. The number of aliphatic hydroxyl groups is 1. The fraction of sp³-hybridized carbons (Fsp3) is 0.583. The zero-order chi connectivity index (χ0) is 12.1. The minimum absolute atomic E-state index is 0.237. The summed E-state index contributed by atoms with van der Waals surface area (Å²) in [5.41, 5.74) is 0. The van der Waals surface area contributed by atoms with Gasteiger partial charge in [-0.1, -0.05) is 0 Å². The van der Waals surface area contributed by atoms with Crippen LogP contribution < -0.4 is 9.64 Å². The Morgan fingerprint density at radius 1 is 1.29 bits per heavy atom. The second kappa shape index (κ2) is 5.84. The molecule has 1 N–H and O–H groups in total. The van der Waals surface area contributed by atoms with Crippen LogP contribution in [0.2, 0.25) is 0 Å². The summed E-state index contributed by atoms with van der Waals surface area (Å²) in [6.45, 7) is 4.88. The molecule has 0 atom stereocenters. The van der Waals surface area contributed by atoms with E-state index in [1.54, 1.807) is 13.3 Å². The van der Waals surface area contributed by atoms with Crippen molar-refractivity contribution < 1.29 is 9.84 Å². The molecule has 0 aliphatic carbocycles. The van der Waals surface area contributed by atoms with E-state index >= 15 is 0 Å². The molecule has 1 aromatic heterocycles. The van der Waals surface area contributed by atoms with Gasteiger partial charge < -0.3 is 14.7 Å². The number of anilines is 1. The summed E-state index contributed by atoms with van der Waals surface area (Å²) in [5, 5.41) is 8.88. The lowest BCUT2D eigenvalue weighted by atomic mass is 10.3. The van der Waals surface area contributed by atoms with E-state index in [0.29, 0.717) is 0 Å². The predicted octanol–water partition coefficient (Wildman–Crippen LogP) is 0.204. The van der Waals surface area contributed by atoms with Crippen molar-refractivity contribution in [3.63, 3.8) is 0 Å². The lowest BCUT2D eigenvalue weighted by molar-refractivity contribution is 0.188. The van der Waals surface area contributed by atoms with Crippen molar-refractivity contribution in [2.45, 2.75) is 0 Å². The number of ether oxygens (including phenoxy) is 1. The monoisotopic (exact) mass is 237 g/mol. The molecule has 0 aromatic carbocycles. The van der Waals surface area contributed by atoms with Crippen LogP contribution in [0.1, 0.15) is 0 Å². The van der Waals surface area contributed by atoms with Gasteiger partial charge in [0.05, 0.1) is 19.9 Å². The third-order valence-electron chi connectivity index (χ3n) is 3.07. The van der Waals surface area contributed by atoms with E-state index in [1.807, 2.05) is 12.1 Å². The van der Waals surface area contributed by atoms with Gasteiger partial charge in [0, 0.05) is 32.7 Å². The van der Waals surface area contributed by atoms with Crippen LogP contribution in [0.5, 0.6) is 5.75 Å². The summed E-state index contributed by atoms with van der Waals surface area (Å²) < 4.78 is 5.09. The number of hydrogen-bond donors (Lipinski definition) is 1. The van der Waals surface area contributed by atoms with Gasteiger partial charge in [0.2, 0.25) is 0 Å². The normalized spacial score (nSPS) is 17.2. The molecular formula is C12H19N3O2. The van der Waals surface area contributed by atoms with Gasteiger partial charge in [0.1, 0.15) is 11.6 Å². The molecule has 1 aliphatic heterocycles. The molecule has 0 saturated carbocycles. The summed E-state index contributed by atoms with van der Waals surface area (Å²) in [6.07, 6.45) is 1.75. The Morgan fingerprint density at radius 3 is 2.59 bits per heavy atom. The van der Waals surface area contributed by atoms with Crippen molar-refractivity contribution >= 4 is 5.82 Å². The van der Waals surface area contributed by atoms with Gasteiger partial charge >= 0.3 is 0 Å². The van der Waals surface area contributed by atoms with Crippen molar-refractivity contribution in [1.82, 2.24) is 9.88 Å². The molecule has 1 saturated heterocycles. The molecule has 5 nitrogen and oxygen atoms in total. The van der Waals surface area contributed by atoms with Crippen LogP contribution in [-0.2, 0) is 0 Å². The number of aliphatic hydroxyl groups excluding tert-OH is 1. The molecule has 1 aliphatic rings. The molecule has 5 heteroatoms. The SMILES string of the molecule is COc1ccc(N2CCN(CCO)CC2)nc1. The number of β-amino-alcohol motifs (C(OH)–C–C–N with tert-alkyl or cyclic N) is 1. The Kier molecular flexibility index (Phi) is 4.17. The molecular weight excluding hydrogens is 218 g/mol. The van der Waals surface area contributed by atoms with Gasteiger partial charge in [-0.25, -0.2) is 4.98 Å². The highest BCUT2D eigenvalue weighted by molar-refractivity contribution is 5.41. The van der Waals surface area contributed by atoms with E-state index in [9.17, 15) is 0 Å². The third kappa shape index (κ3) is 3.08. The quantitative estimate of drug-likeness (QED) is 0.811. The Morgan fingerprint density at radius 2 is 2.06 bits per heavy atom. The molecule has 17 heavy (non-hydrogen) atoms. The highest BCUT2D eigenvalue weighted by Gasteiger charge is 2.17. The summed E-state index contributed by atoms with van der Waals surface area (Å²) in [6, 6.07) is 3.92. The van der Waals surface area contributed by atoms with Gasteiger partial charge in [0.25, 0.3) is 0 Å². The molecule has 2 heterocycles. The maximum absolute atomic E-state index is 8.88. The first kappa shape index (κ1) is 12.1. The molecule has 0 spiro atoms. The lowest BCUT2D eigenvalue weighted by Gasteiger charge is -2.35. The average molecular weight is 237 g/mol. The Bertz CT molecular complexity index is 334. The minimum atomic E-state index is 0.237. The topological polar surface area (TPSA) is 48.8 Å². The molecule has 1 aromatic rings. The zero-order valence-electron chi connectivity index (χ0n) is 10.2. The number of rotatable bonds is 4. The van der Waals surface area contributed by atoms with Crippen molar-refractivity contribution in [2.24, 2.45) is 0 Å². The molecule has 0 unspecified atom stereocenters. The van der Waals surface area contributed by atoms with E-state index in [4.69, 9.17) is 9.84 Å². The Labute approximate surface area is 102 Å². The first-order chi connectivity index (χ1) is 8.33. The van der Waals surface area contributed by atoms with Crippen molar-refractivity contribution in [1.29, 1.82) is 0 Å². The van der Waals surface area contributed by atoms with Crippen LogP contribution in [0.25, 0.3) is 0 Å². The Balaban J connectivity index is 1.91. The van der Waals surface area contributed by atoms with Gasteiger partial charge in [-0.05, 0) is 12.1 Å². The van der Waals surface area contributed by atoms with Crippen LogP contribution >= 0.6 is 0 Å². The van der Waals surface area contributed by atoms with Crippen LogP contribution in [0.15, 0.2) is 18.3 Å². The molecule has 94 valence electrons. The smallest absolute Gasteiger partial charge is 0.137 e. The van der Waals surface area contributed by atoms with Crippen LogP contribution in [0.4, 0.5) is 5.82 Å². The van der Waals surface area contributed by atoms with E-state index < -0.39 is 0 Å². The maximum atomic E-state index is 8.88. The average Bonchev–Trinajstić information content (AvgIpc) is 2.40. The number of aromatic nitrogens is 1. The van der Waals surface area contributed by atoms with Crippen molar-refractivity contribution in [2.75, 3.05) is 51.3 Å². The van der Waals surface area contributed by atoms with E-state index in [1.165, 1.54) is 0 Å². The molecule has 0 bridgehead atoms. The summed E-state index contributed by atoms with van der Waals surface area (Å²) >= 11 is 0. The second-order valence-corrected chi connectivity index (χ2v) is 4.11.